The van der Waals surface area contributed by atoms with Crippen LogP contribution < -0.4 is 0 Å². The lowest BCUT2D eigenvalue weighted by molar-refractivity contribution is 0.295. The maximum absolute atomic E-state index is 8.18. The quantitative estimate of drug-likeness (QED) is 0.416. The van der Waals surface area contributed by atoms with Crippen molar-refractivity contribution in [3.63, 3.8) is 0 Å². The van der Waals surface area contributed by atoms with Gasteiger partial charge in [0, 0.05) is 16.8 Å². The predicted octanol–water partition coefficient (Wildman–Crippen LogP) is -0.848. The number of hydrogen-bond donors (Lipinski definition) is 1. The van der Waals surface area contributed by atoms with Gasteiger partial charge in [-0.1, -0.05) is 6.92 Å². The van der Waals surface area contributed by atoms with Crippen LogP contribution in [0.5, 0.6) is 0 Å². The second-order valence-corrected chi connectivity index (χ2v) is 3.55. The molecular weight excluding hydrogens is 80.1 g/mol. The molecule has 0 aliphatic rings. The van der Waals surface area contributed by atoms with Gasteiger partial charge >= 0.3 is 0 Å². The highest BCUT2D eigenvalue weighted by molar-refractivity contribution is 6.11. The number of hydrogen-bond acceptors (Lipinski definition) is 1. The van der Waals surface area contributed by atoms with Gasteiger partial charge in [-0.05, 0) is 5.54 Å². The van der Waals surface area contributed by atoms with Crippen LogP contribution in [0.3, 0.4) is 0 Å². The van der Waals surface area contributed by atoms with E-state index in [4.69, 9.17) is 5.11 Å². The maximum atomic E-state index is 8.18. The molecule has 5 heavy (non-hydrogen) atoms. The molecule has 0 aliphatic heterocycles. The Bertz CT molecular complexity index is 20.9. The molecule has 0 rings (SSSR count). The first-order chi connectivity index (χ1) is 2.27. The average molecular weight is 90.2 g/mol. The summed E-state index contributed by atoms with van der Waals surface area (Å²) in [6.45, 7) is 2.40. The number of rotatable bonds is 1. The van der Waals surface area contributed by atoms with Crippen LogP contribution in [0.15, 0.2) is 0 Å². The Hall–Kier alpha value is 0.177. The minimum Gasteiger partial charge on any atom is -0.396 e. The molecule has 1 N–H and O–H groups in total. The molecule has 0 aromatic heterocycles. The van der Waals surface area contributed by atoms with Gasteiger partial charge in [0.1, 0.15) is 0 Å². The van der Waals surface area contributed by atoms with E-state index >= 15 is 0 Å². The Morgan fingerprint density at radius 1 is 2.00 bits per heavy atom. The summed E-state index contributed by atoms with van der Waals surface area (Å²) in [5, 5.41) is 8.18. The van der Waals surface area contributed by atoms with Gasteiger partial charge in [0.15, 0.2) is 0 Å². The highest BCUT2D eigenvalue weighted by Gasteiger charge is 1.81. The second-order valence-electron chi connectivity index (χ2n) is 1.58. The summed E-state index contributed by atoms with van der Waals surface area (Å²) < 4.78 is 0. The van der Waals surface area contributed by atoms with Gasteiger partial charge in [-0.3, -0.25) is 0 Å². The largest absolute Gasteiger partial charge is 0.396 e. The van der Waals surface area contributed by atoms with Gasteiger partial charge in [-0.15, -0.1) is 0 Å². The lowest BCUT2D eigenvalue weighted by atomic mass is 10.5. The van der Waals surface area contributed by atoms with Crippen LogP contribution >= 0.6 is 0 Å². The van der Waals surface area contributed by atoms with Crippen molar-refractivity contribution in [2.45, 2.75) is 12.5 Å². The van der Waals surface area contributed by atoms with E-state index in [0.717, 1.165) is 10.2 Å². The van der Waals surface area contributed by atoms with Gasteiger partial charge in [0.05, 0.1) is 0 Å². The summed E-state index contributed by atoms with van der Waals surface area (Å²) in [5.41, 5.74) is 0.579. The highest BCUT2D eigenvalue weighted by atomic mass is 28.1. The molecule has 1 atom stereocenters. The molecule has 0 heterocycles. The van der Waals surface area contributed by atoms with E-state index in [2.05, 4.69) is 0 Å². The fourth-order valence-corrected chi connectivity index (χ4v) is 0. The fourth-order valence-electron chi connectivity index (χ4n) is 0. The number of aliphatic hydroxyl groups is 1. The summed E-state index contributed by atoms with van der Waals surface area (Å²) in [4.78, 5) is 0. The van der Waals surface area contributed by atoms with E-state index in [9.17, 15) is 0 Å². The van der Waals surface area contributed by atoms with Crippen LogP contribution in [-0.2, 0) is 0 Å². The third-order valence-electron chi connectivity index (χ3n) is 0.365. The van der Waals surface area contributed by atoms with Crippen molar-refractivity contribution >= 4 is 10.2 Å². The Morgan fingerprint density at radius 3 is 2.20 bits per heavy atom. The summed E-state index contributed by atoms with van der Waals surface area (Å²) in [7, 11) is 1.12. The Morgan fingerprint density at radius 2 is 2.20 bits per heavy atom. The lowest BCUT2D eigenvalue weighted by Gasteiger charge is -1.89. The Balaban J connectivity index is 2.54. The van der Waals surface area contributed by atoms with Crippen molar-refractivity contribution in [2.24, 2.45) is 0 Å². The SMILES string of the molecule is CC([SiH3])CO. The zero-order valence-electron chi connectivity index (χ0n) is 3.73. The molecule has 1 unspecified atom stereocenters. The molecule has 0 amide bonds. The average Bonchev–Trinajstić information content (AvgIpc) is 1.38. The van der Waals surface area contributed by atoms with Crippen LogP contribution in [0.2, 0.25) is 5.54 Å². The van der Waals surface area contributed by atoms with Crippen LogP contribution in [0, 0.1) is 0 Å². The molecule has 0 aliphatic carbocycles. The van der Waals surface area contributed by atoms with Gasteiger partial charge in [0.2, 0.25) is 0 Å². The Labute approximate surface area is 35.4 Å². The molecule has 0 saturated carbocycles. The zero-order chi connectivity index (χ0) is 4.28. The molecule has 0 saturated heterocycles. The summed E-state index contributed by atoms with van der Waals surface area (Å²) >= 11 is 0. The smallest absolute Gasteiger partial charge is 0.0424 e. The van der Waals surface area contributed by atoms with Crippen molar-refractivity contribution < 1.29 is 5.11 Å². The van der Waals surface area contributed by atoms with Gasteiger partial charge in [-0.2, -0.15) is 0 Å². The van der Waals surface area contributed by atoms with Crippen molar-refractivity contribution in [1.82, 2.24) is 0 Å². The van der Waals surface area contributed by atoms with Gasteiger partial charge in [0.25, 0.3) is 0 Å². The van der Waals surface area contributed by atoms with Gasteiger partial charge < -0.3 is 5.11 Å². The third-order valence-corrected chi connectivity index (χ3v) is 0.730. The molecule has 0 aromatic rings. The zero-order valence-corrected chi connectivity index (χ0v) is 5.73. The Kier molecular flexibility index (Phi) is 2.50. The standard InChI is InChI=1S/C3H10OSi/c1-3(5)2-4/h3-4H,2H2,1,5H3. The summed E-state index contributed by atoms with van der Waals surface area (Å²) in [6.07, 6.45) is 0. The van der Waals surface area contributed by atoms with E-state index in [1.807, 2.05) is 6.92 Å². The third kappa shape index (κ3) is 4.18. The van der Waals surface area contributed by atoms with E-state index in [0.29, 0.717) is 12.1 Å². The topological polar surface area (TPSA) is 20.2 Å². The van der Waals surface area contributed by atoms with Crippen molar-refractivity contribution in [3.05, 3.63) is 0 Å². The lowest BCUT2D eigenvalue weighted by Crippen LogP contribution is -1.89. The van der Waals surface area contributed by atoms with Gasteiger partial charge in [-0.25, -0.2) is 0 Å². The molecule has 0 spiro atoms. The molecule has 0 bridgehead atoms. The molecule has 32 valence electrons. The normalized spacial score (nSPS) is 15.6. The van der Waals surface area contributed by atoms with E-state index in [-0.39, 0.29) is 0 Å². The van der Waals surface area contributed by atoms with Crippen LogP contribution in [0.4, 0.5) is 0 Å². The van der Waals surface area contributed by atoms with Crippen LogP contribution in [0.25, 0.3) is 0 Å². The predicted molar refractivity (Wildman–Crippen MR) is 26.4 cm³/mol. The van der Waals surface area contributed by atoms with E-state index < -0.39 is 0 Å². The minimum atomic E-state index is 0.367. The van der Waals surface area contributed by atoms with Crippen LogP contribution in [0.1, 0.15) is 6.92 Å². The first kappa shape index (κ1) is 5.18. The minimum absolute atomic E-state index is 0.367. The monoisotopic (exact) mass is 90.1 g/mol. The maximum Gasteiger partial charge on any atom is 0.0424 e. The highest BCUT2D eigenvalue weighted by Crippen LogP contribution is 1.87. The molecule has 0 aromatic carbocycles. The van der Waals surface area contributed by atoms with Crippen molar-refractivity contribution in [2.75, 3.05) is 6.61 Å². The molecule has 1 nitrogen and oxygen atoms in total. The summed E-state index contributed by atoms with van der Waals surface area (Å²) in [6, 6.07) is 0. The second kappa shape index (κ2) is 2.42. The molecule has 0 radical (unpaired) electrons. The first-order valence-corrected chi connectivity index (χ1v) is 3.03. The molecule has 0 fully saturated rings. The number of aliphatic hydroxyl groups excluding tert-OH is 1. The fraction of sp³-hybridized carbons (Fsp3) is 1.00. The van der Waals surface area contributed by atoms with E-state index in [1.54, 1.807) is 0 Å². The van der Waals surface area contributed by atoms with Crippen molar-refractivity contribution in [1.29, 1.82) is 0 Å². The summed E-state index contributed by atoms with van der Waals surface area (Å²) in [5.74, 6) is 0. The molecule has 2 heteroatoms. The van der Waals surface area contributed by atoms with Crippen LogP contribution in [-0.4, -0.2) is 22.0 Å². The van der Waals surface area contributed by atoms with E-state index in [1.165, 1.54) is 0 Å². The first-order valence-electron chi connectivity index (χ1n) is 1.88. The molecular formula is C3H10OSi. The van der Waals surface area contributed by atoms with Crippen molar-refractivity contribution in [3.8, 4) is 0 Å².